The van der Waals surface area contributed by atoms with Crippen molar-refractivity contribution in [3.05, 3.63) is 44.7 Å². The first kappa shape index (κ1) is 13.0. The second-order valence-corrected chi connectivity index (χ2v) is 3.40. The maximum Gasteiger partial charge on any atom is 0.340 e. The van der Waals surface area contributed by atoms with Crippen LogP contribution in [0.1, 0.15) is 11.3 Å². The Labute approximate surface area is 102 Å². The number of hydrogen-bond donors (Lipinski definition) is 0. The highest BCUT2D eigenvalue weighted by atomic mass is 35.5. The minimum Gasteiger partial charge on any atom is -0.466 e. The fourth-order valence-corrected chi connectivity index (χ4v) is 1.32. The Morgan fingerprint density at radius 2 is 2.35 bits per heavy atom. The molecule has 0 N–H and O–H groups in total. The average Bonchev–Trinajstić information content (AvgIpc) is 2.30. The molecule has 0 fully saturated rings. The van der Waals surface area contributed by atoms with Crippen LogP contribution in [0, 0.1) is 6.92 Å². The van der Waals surface area contributed by atoms with E-state index in [1.165, 1.54) is 13.2 Å². The minimum atomic E-state index is -0.737. The van der Waals surface area contributed by atoms with Crippen molar-refractivity contribution in [3.63, 3.8) is 0 Å². The molecule has 88 valence electrons. The number of nitrogens with zero attached hydrogens (tertiary/aromatic N) is 4. The smallest absolute Gasteiger partial charge is 0.340 e. The summed E-state index contributed by atoms with van der Waals surface area (Å²) in [5.74, 6) is -0.737. The number of hydrogen-bond acceptors (Lipinski definition) is 4. The van der Waals surface area contributed by atoms with Crippen molar-refractivity contribution in [2.75, 3.05) is 7.11 Å². The molecule has 0 saturated heterocycles. The number of aromatic nitrogens is 1. The zero-order valence-corrected chi connectivity index (χ0v) is 9.97. The van der Waals surface area contributed by atoms with Gasteiger partial charge in [-0.1, -0.05) is 22.8 Å². The first-order chi connectivity index (χ1) is 8.08. The van der Waals surface area contributed by atoms with E-state index in [2.05, 4.69) is 19.7 Å². The molecule has 0 amide bonds. The Balaban J connectivity index is 3.21. The average molecular weight is 253 g/mol. The van der Waals surface area contributed by atoms with Gasteiger partial charge in [-0.15, -0.1) is 0 Å². The third-order valence-electron chi connectivity index (χ3n) is 1.86. The number of methoxy groups -OCH3 is 1. The summed E-state index contributed by atoms with van der Waals surface area (Å²) < 4.78 is 4.47. The molecule has 1 aromatic heterocycles. The number of esters is 1. The van der Waals surface area contributed by atoms with E-state index >= 15 is 0 Å². The third kappa shape index (κ3) is 3.48. The maximum absolute atomic E-state index is 11.3. The normalized spacial score (nSPS) is 10.6. The molecule has 7 heteroatoms. The van der Waals surface area contributed by atoms with Crippen molar-refractivity contribution in [2.24, 2.45) is 5.11 Å². The van der Waals surface area contributed by atoms with Crippen LogP contribution in [0.3, 0.4) is 0 Å². The lowest BCUT2D eigenvalue weighted by Gasteiger charge is -2.01. The van der Waals surface area contributed by atoms with Crippen LogP contribution in [0.2, 0.25) is 5.15 Å². The largest absolute Gasteiger partial charge is 0.466 e. The molecule has 0 bridgehead atoms. The quantitative estimate of drug-likeness (QED) is 0.207. The summed E-state index contributed by atoms with van der Waals surface area (Å²) in [6, 6.07) is 3.39. The van der Waals surface area contributed by atoms with Crippen molar-refractivity contribution in [2.45, 2.75) is 6.92 Å². The summed E-state index contributed by atoms with van der Waals surface area (Å²) in [6.45, 7) is 1.79. The highest BCUT2D eigenvalue weighted by molar-refractivity contribution is 6.31. The number of halogens is 1. The molecule has 0 spiro atoms. The molecule has 1 aromatic rings. The summed E-state index contributed by atoms with van der Waals surface area (Å²) in [6.07, 6.45) is 1.32. The molecule has 6 nitrogen and oxygen atoms in total. The van der Waals surface area contributed by atoms with E-state index in [9.17, 15) is 4.79 Å². The predicted octanol–water partition coefficient (Wildman–Crippen LogP) is 2.87. The number of azide groups is 1. The second-order valence-electron chi connectivity index (χ2n) is 3.04. The van der Waals surface area contributed by atoms with Gasteiger partial charge in [0.25, 0.3) is 0 Å². The number of pyridine rings is 1. The molecule has 0 aromatic carbocycles. The van der Waals surface area contributed by atoms with E-state index in [0.29, 0.717) is 5.56 Å². The van der Waals surface area contributed by atoms with Gasteiger partial charge in [0.15, 0.2) is 0 Å². The number of carbonyl (C=O) groups is 1. The summed E-state index contributed by atoms with van der Waals surface area (Å²) in [5, 5.41) is 3.46. The zero-order chi connectivity index (χ0) is 12.8. The van der Waals surface area contributed by atoms with Gasteiger partial charge in [0.2, 0.25) is 0 Å². The first-order valence-electron chi connectivity index (χ1n) is 4.56. The van der Waals surface area contributed by atoms with Gasteiger partial charge in [0, 0.05) is 16.2 Å². The zero-order valence-electron chi connectivity index (χ0n) is 9.22. The molecule has 0 unspecified atom stereocenters. The van der Waals surface area contributed by atoms with Crippen LogP contribution >= 0.6 is 11.6 Å². The van der Waals surface area contributed by atoms with Crippen molar-refractivity contribution >= 4 is 23.6 Å². The fourth-order valence-electron chi connectivity index (χ4n) is 1.07. The monoisotopic (exact) mass is 252 g/mol. The van der Waals surface area contributed by atoms with E-state index in [1.54, 1.807) is 19.1 Å². The molecule has 1 heterocycles. The SMILES string of the molecule is COC(=O)C(=Cc1ccc(C)nc1Cl)N=[N+]=[N-]. The molecule has 0 aliphatic carbocycles. The Kier molecular flexibility index (Phi) is 4.51. The van der Waals surface area contributed by atoms with Gasteiger partial charge in [-0.05, 0) is 24.6 Å². The van der Waals surface area contributed by atoms with Gasteiger partial charge in [0.05, 0.1) is 7.11 Å². The Bertz CT molecular complexity index is 521. The van der Waals surface area contributed by atoms with E-state index in [-0.39, 0.29) is 10.9 Å². The van der Waals surface area contributed by atoms with Gasteiger partial charge < -0.3 is 4.74 Å². The van der Waals surface area contributed by atoms with Gasteiger partial charge in [-0.2, -0.15) is 0 Å². The second kappa shape index (κ2) is 5.89. The number of rotatable bonds is 3. The van der Waals surface area contributed by atoms with Crippen LogP contribution in [-0.4, -0.2) is 18.1 Å². The third-order valence-corrected chi connectivity index (χ3v) is 2.16. The van der Waals surface area contributed by atoms with Gasteiger partial charge in [-0.25, -0.2) is 9.78 Å². The molecular weight excluding hydrogens is 244 g/mol. The fraction of sp³-hybridized carbons (Fsp3) is 0.200. The molecule has 0 atom stereocenters. The standard InChI is InChI=1S/C10H9ClN4O2/c1-6-3-4-7(9(11)13-6)5-8(14-15-12)10(16)17-2/h3-5H,1-2H3. The summed E-state index contributed by atoms with van der Waals surface area (Å²) >= 11 is 5.88. The summed E-state index contributed by atoms with van der Waals surface area (Å²) in [4.78, 5) is 17.8. The molecule has 17 heavy (non-hydrogen) atoms. The lowest BCUT2D eigenvalue weighted by molar-refractivity contribution is -0.136. The van der Waals surface area contributed by atoms with Gasteiger partial charge in [-0.3, -0.25) is 0 Å². The highest BCUT2D eigenvalue weighted by Gasteiger charge is 2.09. The lowest BCUT2D eigenvalue weighted by atomic mass is 10.2. The molecule has 0 aliphatic rings. The number of aryl methyl sites for hydroxylation is 1. The van der Waals surface area contributed by atoms with Crippen LogP contribution in [0.15, 0.2) is 22.9 Å². The molecule has 0 saturated carbocycles. The number of carbonyl (C=O) groups excluding carboxylic acids is 1. The van der Waals surface area contributed by atoms with Crippen LogP contribution < -0.4 is 0 Å². The summed E-state index contributed by atoms with van der Waals surface area (Å²) in [7, 11) is 1.19. The minimum absolute atomic E-state index is 0.178. The van der Waals surface area contributed by atoms with Crippen molar-refractivity contribution < 1.29 is 9.53 Å². The van der Waals surface area contributed by atoms with Crippen LogP contribution in [0.25, 0.3) is 16.5 Å². The molecular formula is C10H9ClN4O2. The van der Waals surface area contributed by atoms with E-state index in [0.717, 1.165) is 5.69 Å². The predicted molar refractivity (Wildman–Crippen MR) is 63.1 cm³/mol. The van der Waals surface area contributed by atoms with Crippen LogP contribution in [0.5, 0.6) is 0 Å². The lowest BCUT2D eigenvalue weighted by Crippen LogP contribution is -2.02. The maximum atomic E-state index is 11.3. The van der Waals surface area contributed by atoms with Crippen LogP contribution in [-0.2, 0) is 9.53 Å². The Morgan fingerprint density at radius 1 is 1.65 bits per heavy atom. The van der Waals surface area contributed by atoms with Crippen LogP contribution in [0.4, 0.5) is 0 Å². The molecule has 0 aliphatic heterocycles. The van der Waals surface area contributed by atoms with Crippen molar-refractivity contribution in [1.29, 1.82) is 0 Å². The van der Waals surface area contributed by atoms with Gasteiger partial charge >= 0.3 is 5.97 Å². The summed E-state index contributed by atoms with van der Waals surface area (Å²) in [5.41, 5.74) is 9.38. The number of ether oxygens (including phenoxy) is 1. The van der Waals surface area contributed by atoms with E-state index < -0.39 is 5.97 Å². The van der Waals surface area contributed by atoms with E-state index in [1.807, 2.05) is 0 Å². The van der Waals surface area contributed by atoms with E-state index in [4.69, 9.17) is 17.1 Å². The highest BCUT2D eigenvalue weighted by Crippen LogP contribution is 2.18. The first-order valence-corrected chi connectivity index (χ1v) is 4.94. The van der Waals surface area contributed by atoms with Crippen molar-refractivity contribution in [3.8, 4) is 0 Å². The Hall–Kier alpha value is -2.04. The molecule has 1 rings (SSSR count). The Morgan fingerprint density at radius 3 is 2.88 bits per heavy atom. The topological polar surface area (TPSA) is 88.0 Å². The molecule has 0 radical (unpaired) electrons. The van der Waals surface area contributed by atoms with Crippen molar-refractivity contribution in [1.82, 2.24) is 4.98 Å². The van der Waals surface area contributed by atoms with Gasteiger partial charge in [0.1, 0.15) is 10.9 Å².